The molecule has 6 aromatic carbocycles. The summed E-state index contributed by atoms with van der Waals surface area (Å²) in [5.41, 5.74) is 6.76. The first-order valence-electron chi connectivity index (χ1n) is 14.4. The Balaban J connectivity index is 1.22. The third-order valence-corrected chi connectivity index (χ3v) is 10.7. The minimum absolute atomic E-state index is 1.01. The summed E-state index contributed by atoms with van der Waals surface area (Å²) in [4.78, 5) is 7.33. The van der Waals surface area contributed by atoms with Crippen molar-refractivity contribution in [3.63, 3.8) is 0 Å². The minimum atomic E-state index is 1.01. The van der Waals surface area contributed by atoms with Crippen LogP contribution in [0.3, 0.4) is 0 Å². The summed E-state index contributed by atoms with van der Waals surface area (Å²) in [7, 11) is 0. The number of thiophene rings is 2. The highest BCUT2D eigenvalue weighted by Gasteiger charge is 2.17. The van der Waals surface area contributed by atoms with Crippen LogP contribution >= 0.6 is 22.7 Å². The van der Waals surface area contributed by atoms with Crippen molar-refractivity contribution in [3.05, 3.63) is 146 Å². The lowest BCUT2D eigenvalue weighted by molar-refractivity contribution is 1.29. The van der Waals surface area contributed by atoms with Crippen LogP contribution in [0.25, 0.3) is 62.4 Å². The lowest BCUT2D eigenvalue weighted by atomic mass is 10.0. The second-order valence-corrected chi connectivity index (χ2v) is 13.0. The molecule has 0 spiro atoms. The van der Waals surface area contributed by atoms with E-state index in [9.17, 15) is 0 Å². The summed E-state index contributed by atoms with van der Waals surface area (Å²) >= 11 is 3.70. The molecule has 0 unspecified atom stereocenters. The first-order chi connectivity index (χ1) is 21.3. The van der Waals surface area contributed by atoms with E-state index in [2.05, 4.69) is 144 Å². The fourth-order valence-corrected chi connectivity index (χ4v) is 8.57. The zero-order valence-electron chi connectivity index (χ0n) is 23.1. The molecule has 9 rings (SSSR count). The Bertz CT molecular complexity index is 2450. The molecule has 9 aromatic rings. The van der Waals surface area contributed by atoms with Gasteiger partial charge in [-0.1, -0.05) is 84.9 Å². The van der Waals surface area contributed by atoms with E-state index in [1.165, 1.54) is 56.9 Å². The third kappa shape index (κ3) is 4.03. The van der Waals surface area contributed by atoms with E-state index in [4.69, 9.17) is 4.98 Å². The summed E-state index contributed by atoms with van der Waals surface area (Å²) in [6.45, 7) is 0. The lowest BCUT2D eigenvalue weighted by Crippen LogP contribution is -2.09. The number of rotatable bonds is 4. The summed E-state index contributed by atoms with van der Waals surface area (Å²) in [6, 6.07) is 50.3. The van der Waals surface area contributed by atoms with Gasteiger partial charge in [0.15, 0.2) is 0 Å². The standard InChI is InChI=1S/C39H24N2S2/c1-2-8-25(9-3-1)26-14-16-27(17-15-26)41(29-18-20-32-30-10-4-6-12-36(30)42-38(32)23-29)28-19-21-33-35(22-28)40-24-34-31-11-5-7-13-37(31)43-39(33)34/h1-24H. The molecule has 3 aromatic heterocycles. The van der Waals surface area contributed by atoms with Crippen molar-refractivity contribution in [2.24, 2.45) is 0 Å². The lowest BCUT2D eigenvalue weighted by Gasteiger charge is -2.26. The number of hydrogen-bond acceptors (Lipinski definition) is 4. The van der Waals surface area contributed by atoms with E-state index in [0.29, 0.717) is 0 Å². The van der Waals surface area contributed by atoms with Gasteiger partial charge in [-0.05, 0) is 65.7 Å². The smallest absolute Gasteiger partial charge is 0.0737 e. The van der Waals surface area contributed by atoms with Gasteiger partial charge in [-0.2, -0.15) is 0 Å². The summed E-state index contributed by atoms with van der Waals surface area (Å²) in [5, 5.41) is 6.31. The molecule has 0 bridgehead atoms. The molecule has 2 nitrogen and oxygen atoms in total. The van der Waals surface area contributed by atoms with Gasteiger partial charge >= 0.3 is 0 Å². The van der Waals surface area contributed by atoms with Crippen molar-refractivity contribution >= 4 is 91.0 Å². The van der Waals surface area contributed by atoms with Gasteiger partial charge in [0.25, 0.3) is 0 Å². The first kappa shape index (κ1) is 24.6. The Labute approximate surface area is 256 Å². The highest BCUT2D eigenvalue weighted by atomic mass is 32.1. The van der Waals surface area contributed by atoms with E-state index >= 15 is 0 Å². The van der Waals surface area contributed by atoms with E-state index in [1.807, 2.05) is 28.9 Å². The van der Waals surface area contributed by atoms with Gasteiger partial charge in [0.1, 0.15) is 0 Å². The molecule has 0 N–H and O–H groups in total. The maximum atomic E-state index is 4.98. The SMILES string of the molecule is c1ccc(-c2ccc(N(c3ccc4c(c3)ncc3c5ccccc5sc43)c3ccc4c(c3)sc3ccccc34)cc2)cc1. The van der Waals surface area contributed by atoms with Crippen LogP contribution in [0.2, 0.25) is 0 Å². The topological polar surface area (TPSA) is 16.1 Å². The molecule has 3 heterocycles. The van der Waals surface area contributed by atoms with Gasteiger partial charge < -0.3 is 4.90 Å². The first-order valence-corrected chi connectivity index (χ1v) is 16.0. The second-order valence-electron chi connectivity index (χ2n) is 10.8. The molecule has 0 aliphatic rings. The van der Waals surface area contributed by atoms with Crippen LogP contribution in [0.4, 0.5) is 17.1 Å². The molecular formula is C39H24N2S2. The molecule has 43 heavy (non-hydrogen) atoms. The van der Waals surface area contributed by atoms with Crippen LogP contribution in [0.1, 0.15) is 0 Å². The number of hydrogen-bond donors (Lipinski definition) is 0. The van der Waals surface area contributed by atoms with Crippen LogP contribution in [0.15, 0.2) is 146 Å². The van der Waals surface area contributed by atoms with Crippen molar-refractivity contribution in [2.45, 2.75) is 0 Å². The fourth-order valence-electron chi connectivity index (χ4n) is 6.22. The molecule has 0 fully saturated rings. The van der Waals surface area contributed by atoms with Crippen LogP contribution in [-0.2, 0) is 0 Å². The molecule has 0 saturated carbocycles. The van der Waals surface area contributed by atoms with Crippen molar-refractivity contribution in [1.29, 1.82) is 0 Å². The zero-order chi connectivity index (χ0) is 28.3. The molecular weight excluding hydrogens is 561 g/mol. The molecule has 0 aliphatic heterocycles. The van der Waals surface area contributed by atoms with Gasteiger partial charge in [0, 0.05) is 69.0 Å². The highest BCUT2D eigenvalue weighted by Crippen LogP contribution is 2.43. The molecule has 0 atom stereocenters. The van der Waals surface area contributed by atoms with Crippen molar-refractivity contribution < 1.29 is 0 Å². The van der Waals surface area contributed by atoms with E-state index in [-0.39, 0.29) is 0 Å². The summed E-state index contributed by atoms with van der Waals surface area (Å²) in [5.74, 6) is 0. The van der Waals surface area contributed by atoms with Gasteiger partial charge in [0.05, 0.1) is 5.52 Å². The summed E-state index contributed by atoms with van der Waals surface area (Å²) in [6.07, 6.45) is 2.04. The zero-order valence-corrected chi connectivity index (χ0v) is 24.7. The molecule has 202 valence electrons. The van der Waals surface area contributed by atoms with Gasteiger partial charge in [-0.3, -0.25) is 4.98 Å². The maximum absolute atomic E-state index is 4.98. The monoisotopic (exact) mass is 584 g/mol. The van der Waals surface area contributed by atoms with Crippen molar-refractivity contribution in [3.8, 4) is 11.1 Å². The van der Waals surface area contributed by atoms with Crippen molar-refractivity contribution in [2.75, 3.05) is 4.90 Å². The molecule has 0 aliphatic carbocycles. The van der Waals surface area contributed by atoms with Crippen LogP contribution in [0, 0.1) is 0 Å². The van der Waals surface area contributed by atoms with E-state index in [0.717, 1.165) is 22.6 Å². The third-order valence-electron chi connectivity index (χ3n) is 8.30. The number of anilines is 3. The quantitative estimate of drug-likeness (QED) is 0.205. The van der Waals surface area contributed by atoms with Gasteiger partial charge in [-0.25, -0.2) is 0 Å². The summed E-state index contributed by atoms with van der Waals surface area (Å²) < 4.78 is 5.20. The Kier molecular flexibility index (Phi) is 5.58. The Morgan fingerprint density at radius 3 is 1.79 bits per heavy atom. The Morgan fingerprint density at radius 2 is 1.00 bits per heavy atom. The van der Waals surface area contributed by atoms with E-state index in [1.54, 1.807) is 0 Å². The number of pyridine rings is 1. The number of benzene rings is 6. The van der Waals surface area contributed by atoms with Crippen molar-refractivity contribution in [1.82, 2.24) is 4.98 Å². The predicted octanol–water partition coefficient (Wildman–Crippen LogP) is 12.1. The molecule has 4 heteroatoms. The average Bonchev–Trinajstić information content (AvgIpc) is 3.64. The van der Waals surface area contributed by atoms with Crippen LogP contribution < -0.4 is 4.90 Å². The predicted molar refractivity (Wildman–Crippen MR) is 188 cm³/mol. The minimum Gasteiger partial charge on any atom is -0.310 e. The molecule has 0 radical (unpaired) electrons. The maximum Gasteiger partial charge on any atom is 0.0737 e. The Morgan fingerprint density at radius 1 is 0.419 bits per heavy atom. The normalized spacial score (nSPS) is 11.7. The number of nitrogens with zero attached hydrogens (tertiary/aromatic N) is 2. The fraction of sp³-hybridized carbons (Fsp3) is 0. The number of aromatic nitrogens is 1. The van der Waals surface area contributed by atoms with Crippen LogP contribution in [-0.4, -0.2) is 4.98 Å². The van der Waals surface area contributed by atoms with Gasteiger partial charge in [-0.15, -0.1) is 22.7 Å². The van der Waals surface area contributed by atoms with Gasteiger partial charge in [0.2, 0.25) is 0 Å². The molecule has 0 saturated heterocycles. The van der Waals surface area contributed by atoms with Crippen LogP contribution in [0.5, 0.6) is 0 Å². The second kappa shape index (κ2) is 9.77. The Hall–Kier alpha value is -5.03. The molecule has 0 amide bonds. The van der Waals surface area contributed by atoms with E-state index < -0.39 is 0 Å². The highest BCUT2D eigenvalue weighted by molar-refractivity contribution is 7.26. The average molecular weight is 585 g/mol. The largest absolute Gasteiger partial charge is 0.310 e. The number of fused-ring (bicyclic) bond motifs is 8.